The maximum absolute atomic E-state index is 12.3. The fraction of sp³-hybridized carbons (Fsp3) is 0.917. The molecule has 1 heterocycles. The van der Waals surface area contributed by atoms with Crippen LogP contribution >= 0.6 is 0 Å². The predicted molar refractivity (Wildman–Crippen MR) is 77.8 cm³/mol. The number of carbonyl (C=O) groups is 1. The van der Waals surface area contributed by atoms with Crippen molar-refractivity contribution in [2.75, 3.05) is 19.6 Å². The molecule has 1 fully saturated rings. The highest BCUT2D eigenvalue weighted by molar-refractivity contribution is 7.87. The van der Waals surface area contributed by atoms with Crippen molar-refractivity contribution in [3.05, 3.63) is 0 Å². The second-order valence-electron chi connectivity index (χ2n) is 5.60. The molecule has 0 spiro atoms. The van der Waals surface area contributed by atoms with Crippen LogP contribution in [0, 0.1) is 11.8 Å². The van der Waals surface area contributed by atoms with Gasteiger partial charge in [-0.15, -0.1) is 0 Å². The number of hydrogen-bond acceptors (Lipinski definition) is 4. The number of amides is 1. The topological polar surface area (TPSA) is 119 Å². The minimum atomic E-state index is -3.67. The van der Waals surface area contributed by atoms with Crippen molar-refractivity contribution in [3.63, 3.8) is 0 Å². The highest BCUT2D eigenvalue weighted by Gasteiger charge is 2.29. The van der Waals surface area contributed by atoms with Gasteiger partial charge >= 0.3 is 0 Å². The maximum Gasteiger partial charge on any atom is 0.274 e. The third-order valence-corrected chi connectivity index (χ3v) is 4.52. The van der Waals surface area contributed by atoms with Gasteiger partial charge < -0.3 is 10.6 Å². The highest BCUT2D eigenvalue weighted by atomic mass is 32.2. The number of hydrogen-bond donors (Lipinski definition) is 3. The van der Waals surface area contributed by atoms with E-state index < -0.39 is 16.3 Å². The number of likely N-dealkylation sites (tertiary alicyclic amines) is 1. The first-order chi connectivity index (χ1) is 9.24. The zero-order chi connectivity index (χ0) is 15.3. The van der Waals surface area contributed by atoms with Gasteiger partial charge in [0.2, 0.25) is 5.91 Å². The van der Waals surface area contributed by atoms with E-state index in [2.05, 4.69) is 4.72 Å². The summed E-state index contributed by atoms with van der Waals surface area (Å²) in [6.07, 6.45) is 2.60. The standard InChI is InChI=1S/C12H26N4O3S/c1-3-9(2)11(13)12(17)16-6-4-5-10(8-16)7-15-20(14,18)19/h9-11,15H,3-8,13H2,1-2H3,(H2,14,18,19). The van der Waals surface area contributed by atoms with Crippen molar-refractivity contribution < 1.29 is 13.2 Å². The summed E-state index contributed by atoms with van der Waals surface area (Å²) in [6, 6.07) is -0.482. The van der Waals surface area contributed by atoms with E-state index >= 15 is 0 Å². The monoisotopic (exact) mass is 306 g/mol. The van der Waals surface area contributed by atoms with Crippen LogP contribution in [0.15, 0.2) is 0 Å². The summed E-state index contributed by atoms with van der Waals surface area (Å²) in [5, 5.41) is 4.91. The van der Waals surface area contributed by atoms with Crippen molar-refractivity contribution in [1.29, 1.82) is 0 Å². The number of piperidine rings is 1. The lowest BCUT2D eigenvalue weighted by atomic mass is 9.94. The molecular formula is C12H26N4O3S. The largest absolute Gasteiger partial charge is 0.341 e. The van der Waals surface area contributed by atoms with Gasteiger partial charge in [0.25, 0.3) is 10.2 Å². The number of nitrogens with two attached hydrogens (primary N) is 2. The molecule has 0 aliphatic carbocycles. The summed E-state index contributed by atoms with van der Waals surface area (Å²) >= 11 is 0. The molecule has 0 bridgehead atoms. The van der Waals surface area contributed by atoms with Crippen LogP contribution in [0.2, 0.25) is 0 Å². The fourth-order valence-electron chi connectivity index (χ4n) is 2.37. The molecule has 5 N–H and O–H groups in total. The Balaban J connectivity index is 2.54. The van der Waals surface area contributed by atoms with Crippen LogP contribution < -0.4 is 15.6 Å². The molecule has 20 heavy (non-hydrogen) atoms. The quantitative estimate of drug-likeness (QED) is 0.606. The lowest BCUT2D eigenvalue weighted by Gasteiger charge is -2.35. The Bertz CT molecular complexity index is 426. The van der Waals surface area contributed by atoms with Gasteiger partial charge in [0.05, 0.1) is 6.04 Å². The average molecular weight is 306 g/mol. The van der Waals surface area contributed by atoms with Crippen LogP contribution in [-0.4, -0.2) is 44.9 Å². The van der Waals surface area contributed by atoms with Crippen molar-refractivity contribution in [1.82, 2.24) is 9.62 Å². The van der Waals surface area contributed by atoms with Crippen LogP contribution in [-0.2, 0) is 15.0 Å². The van der Waals surface area contributed by atoms with E-state index in [-0.39, 0.29) is 24.3 Å². The van der Waals surface area contributed by atoms with Gasteiger partial charge in [0.15, 0.2) is 0 Å². The van der Waals surface area contributed by atoms with Crippen LogP contribution in [0.1, 0.15) is 33.1 Å². The molecule has 0 radical (unpaired) electrons. The summed E-state index contributed by atoms with van der Waals surface area (Å²) in [5.74, 6) is 0.195. The molecule has 118 valence electrons. The predicted octanol–water partition coefficient (Wildman–Crippen LogP) is -0.608. The molecule has 0 aromatic heterocycles. The lowest BCUT2D eigenvalue weighted by molar-refractivity contribution is -0.135. The zero-order valence-corrected chi connectivity index (χ0v) is 13.0. The zero-order valence-electron chi connectivity index (χ0n) is 12.2. The van der Waals surface area contributed by atoms with Crippen molar-refractivity contribution >= 4 is 16.1 Å². The Labute approximate surface area is 121 Å². The van der Waals surface area contributed by atoms with Gasteiger partial charge in [0, 0.05) is 19.6 Å². The van der Waals surface area contributed by atoms with Crippen molar-refractivity contribution in [2.45, 2.75) is 39.2 Å². The molecule has 1 aliphatic rings. The Kier molecular flexibility index (Phi) is 6.38. The Morgan fingerprint density at radius 1 is 1.50 bits per heavy atom. The van der Waals surface area contributed by atoms with Gasteiger partial charge in [-0.25, -0.2) is 9.86 Å². The Hall–Kier alpha value is -0.700. The number of carbonyl (C=O) groups excluding carboxylic acids is 1. The first kappa shape index (κ1) is 17.4. The third kappa shape index (κ3) is 5.35. The second-order valence-corrected chi connectivity index (χ2v) is 6.98. The second kappa shape index (κ2) is 7.35. The average Bonchev–Trinajstić information content (AvgIpc) is 2.42. The van der Waals surface area contributed by atoms with Crippen LogP contribution in [0.3, 0.4) is 0 Å². The van der Waals surface area contributed by atoms with E-state index in [1.165, 1.54) is 0 Å². The van der Waals surface area contributed by atoms with Crippen molar-refractivity contribution in [2.24, 2.45) is 22.7 Å². The van der Waals surface area contributed by atoms with Gasteiger partial charge in [0.1, 0.15) is 0 Å². The smallest absolute Gasteiger partial charge is 0.274 e. The number of nitrogens with one attached hydrogen (secondary N) is 1. The van der Waals surface area contributed by atoms with Crippen LogP contribution in [0.25, 0.3) is 0 Å². The van der Waals surface area contributed by atoms with Crippen molar-refractivity contribution in [3.8, 4) is 0 Å². The van der Waals surface area contributed by atoms with Gasteiger partial charge in [-0.2, -0.15) is 8.42 Å². The van der Waals surface area contributed by atoms with Gasteiger partial charge in [-0.05, 0) is 24.7 Å². The van der Waals surface area contributed by atoms with E-state index in [1.807, 2.05) is 13.8 Å². The molecule has 7 nitrogen and oxygen atoms in total. The van der Waals surface area contributed by atoms with Crippen LogP contribution in [0.5, 0.6) is 0 Å². The SMILES string of the molecule is CCC(C)C(N)C(=O)N1CCCC(CNS(N)(=O)=O)C1. The van der Waals surface area contributed by atoms with E-state index in [9.17, 15) is 13.2 Å². The number of rotatable bonds is 6. The maximum atomic E-state index is 12.3. The molecule has 3 unspecified atom stereocenters. The van der Waals surface area contributed by atoms with E-state index in [1.54, 1.807) is 4.90 Å². The molecule has 1 amide bonds. The molecule has 1 aliphatic heterocycles. The number of nitrogens with zero attached hydrogens (tertiary/aromatic N) is 1. The molecule has 0 saturated carbocycles. The van der Waals surface area contributed by atoms with E-state index in [0.29, 0.717) is 13.1 Å². The first-order valence-corrected chi connectivity index (χ1v) is 8.61. The molecule has 1 rings (SSSR count). The van der Waals surface area contributed by atoms with Gasteiger partial charge in [-0.3, -0.25) is 4.79 Å². The summed E-state index contributed by atoms with van der Waals surface area (Å²) in [4.78, 5) is 14.0. The third-order valence-electron chi connectivity index (χ3n) is 3.95. The Morgan fingerprint density at radius 3 is 2.70 bits per heavy atom. The molecular weight excluding hydrogens is 280 g/mol. The molecule has 0 aromatic rings. The highest BCUT2D eigenvalue weighted by Crippen LogP contribution is 2.18. The first-order valence-electron chi connectivity index (χ1n) is 7.06. The molecule has 3 atom stereocenters. The molecule has 8 heteroatoms. The minimum Gasteiger partial charge on any atom is -0.341 e. The normalized spacial score (nSPS) is 23.4. The molecule has 0 aromatic carbocycles. The van der Waals surface area contributed by atoms with Crippen LogP contribution in [0.4, 0.5) is 0 Å². The summed E-state index contributed by atoms with van der Waals surface area (Å²) < 4.78 is 24.1. The van der Waals surface area contributed by atoms with E-state index in [0.717, 1.165) is 19.3 Å². The van der Waals surface area contributed by atoms with E-state index in [4.69, 9.17) is 10.9 Å². The minimum absolute atomic E-state index is 0.0420. The van der Waals surface area contributed by atoms with Gasteiger partial charge in [-0.1, -0.05) is 20.3 Å². The molecule has 1 saturated heterocycles. The summed E-state index contributed by atoms with van der Waals surface area (Å²) in [7, 11) is -3.67. The lowest BCUT2D eigenvalue weighted by Crippen LogP contribution is -2.51. The Morgan fingerprint density at radius 2 is 2.15 bits per heavy atom. The summed E-state index contributed by atoms with van der Waals surface area (Å²) in [6.45, 7) is 5.46. The fourth-order valence-corrected chi connectivity index (χ4v) is 2.84. The summed E-state index contributed by atoms with van der Waals surface area (Å²) in [5.41, 5.74) is 5.97.